The molecule has 0 fully saturated rings. The van der Waals surface area contributed by atoms with E-state index in [1.54, 1.807) is 17.6 Å². The highest BCUT2D eigenvalue weighted by Crippen LogP contribution is 2.18. The summed E-state index contributed by atoms with van der Waals surface area (Å²) >= 11 is 2.92. The molecular weight excluding hydrogens is 304 g/mol. The molecule has 0 aliphatic rings. The highest BCUT2D eigenvalue weighted by atomic mass is 32.2. The highest BCUT2D eigenvalue weighted by Gasteiger charge is 2.06. The first kappa shape index (κ1) is 13.8. The number of hydrogen-bond acceptors (Lipinski definition) is 5. The first-order valence-electron chi connectivity index (χ1n) is 6.24. The predicted molar refractivity (Wildman–Crippen MR) is 86.9 cm³/mol. The van der Waals surface area contributed by atoms with Gasteiger partial charge in [-0.05, 0) is 23.6 Å². The van der Waals surface area contributed by atoms with Crippen molar-refractivity contribution in [3.8, 4) is 0 Å². The van der Waals surface area contributed by atoms with Gasteiger partial charge in [-0.2, -0.15) is 5.10 Å². The number of nitrogens with one attached hydrogen (secondary N) is 2. The normalized spacial score (nSPS) is 11.2. The molecule has 2 heterocycles. The van der Waals surface area contributed by atoms with Gasteiger partial charge in [0.15, 0.2) is 5.16 Å². The number of para-hydroxylation sites is 2. The van der Waals surface area contributed by atoms with Gasteiger partial charge in [-0.1, -0.05) is 30.0 Å². The molecule has 3 aromatic rings. The van der Waals surface area contributed by atoms with Gasteiger partial charge in [-0.15, -0.1) is 11.3 Å². The standard InChI is InChI=1S/C14H12N4OS2/c19-13(18-15-8-10-4-3-7-20-10)9-21-14-16-11-5-1-2-6-12(11)17-14/h1-8H,9H2,(H,16,17)(H,18,19)/b15-8-. The van der Waals surface area contributed by atoms with E-state index in [0.717, 1.165) is 21.1 Å². The Balaban J connectivity index is 1.51. The highest BCUT2D eigenvalue weighted by molar-refractivity contribution is 7.99. The summed E-state index contributed by atoms with van der Waals surface area (Å²) in [7, 11) is 0. The number of amides is 1. The van der Waals surface area contributed by atoms with Crippen LogP contribution in [0, 0.1) is 0 Å². The molecule has 0 atom stereocenters. The summed E-state index contributed by atoms with van der Waals surface area (Å²) in [6, 6.07) is 11.6. The van der Waals surface area contributed by atoms with E-state index in [-0.39, 0.29) is 11.7 Å². The number of aromatic nitrogens is 2. The van der Waals surface area contributed by atoms with Crippen molar-refractivity contribution in [2.24, 2.45) is 5.10 Å². The third kappa shape index (κ3) is 3.71. The maximum atomic E-state index is 11.7. The lowest BCUT2D eigenvalue weighted by molar-refractivity contribution is -0.118. The second-order valence-electron chi connectivity index (χ2n) is 4.16. The lowest BCUT2D eigenvalue weighted by atomic mass is 10.3. The lowest BCUT2D eigenvalue weighted by Crippen LogP contribution is -2.19. The van der Waals surface area contributed by atoms with Crippen molar-refractivity contribution in [2.45, 2.75) is 5.16 Å². The molecule has 0 bridgehead atoms. The zero-order valence-electron chi connectivity index (χ0n) is 10.9. The average Bonchev–Trinajstić information content (AvgIpc) is 3.13. The van der Waals surface area contributed by atoms with Crippen LogP contribution in [0.3, 0.4) is 0 Å². The van der Waals surface area contributed by atoms with Crippen LogP contribution in [-0.4, -0.2) is 27.8 Å². The maximum absolute atomic E-state index is 11.7. The fraction of sp³-hybridized carbons (Fsp3) is 0.0714. The second kappa shape index (κ2) is 6.55. The van der Waals surface area contributed by atoms with Crippen LogP contribution in [0.2, 0.25) is 0 Å². The van der Waals surface area contributed by atoms with Gasteiger partial charge >= 0.3 is 0 Å². The van der Waals surface area contributed by atoms with Gasteiger partial charge < -0.3 is 4.98 Å². The maximum Gasteiger partial charge on any atom is 0.250 e. The molecule has 1 amide bonds. The predicted octanol–water partition coefficient (Wildman–Crippen LogP) is 2.87. The van der Waals surface area contributed by atoms with Crippen LogP contribution in [0.5, 0.6) is 0 Å². The third-order valence-corrected chi connectivity index (χ3v) is 4.31. The van der Waals surface area contributed by atoms with Crippen molar-refractivity contribution in [1.29, 1.82) is 0 Å². The zero-order valence-corrected chi connectivity index (χ0v) is 12.6. The summed E-state index contributed by atoms with van der Waals surface area (Å²) < 4.78 is 0. The number of hydrogen-bond donors (Lipinski definition) is 2. The smallest absolute Gasteiger partial charge is 0.250 e. The van der Waals surface area contributed by atoms with Crippen LogP contribution in [0.1, 0.15) is 4.88 Å². The number of H-pyrrole nitrogens is 1. The first-order valence-corrected chi connectivity index (χ1v) is 8.11. The molecule has 3 rings (SSSR count). The van der Waals surface area contributed by atoms with Crippen molar-refractivity contribution in [3.63, 3.8) is 0 Å². The summed E-state index contributed by atoms with van der Waals surface area (Å²) in [5, 5.41) is 6.60. The largest absolute Gasteiger partial charge is 0.333 e. The number of aromatic amines is 1. The minimum Gasteiger partial charge on any atom is -0.333 e. The van der Waals surface area contributed by atoms with E-state index in [0.29, 0.717) is 0 Å². The number of benzene rings is 1. The van der Waals surface area contributed by atoms with E-state index >= 15 is 0 Å². The number of carbonyl (C=O) groups is 1. The van der Waals surface area contributed by atoms with E-state index in [1.165, 1.54) is 11.8 Å². The van der Waals surface area contributed by atoms with E-state index in [1.807, 2.05) is 41.8 Å². The number of thiophene rings is 1. The van der Waals surface area contributed by atoms with Gasteiger partial charge in [0.1, 0.15) is 0 Å². The van der Waals surface area contributed by atoms with Crippen LogP contribution < -0.4 is 5.43 Å². The number of nitrogens with zero attached hydrogens (tertiary/aromatic N) is 2. The summed E-state index contributed by atoms with van der Waals surface area (Å²) in [5.41, 5.74) is 4.37. The Morgan fingerprint density at radius 2 is 2.29 bits per heavy atom. The Kier molecular flexibility index (Phi) is 4.32. The molecule has 0 radical (unpaired) electrons. The quantitative estimate of drug-likeness (QED) is 0.432. The minimum absolute atomic E-state index is 0.159. The van der Waals surface area contributed by atoms with Gasteiger partial charge in [-0.3, -0.25) is 4.79 Å². The van der Waals surface area contributed by atoms with Gasteiger partial charge in [0.2, 0.25) is 0 Å². The van der Waals surface area contributed by atoms with Crippen LogP contribution >= 0.6 is 23.1 Å². The van der Waals surface area contributed by atoms with Gasteiger partial charge in [0.25, 0.3) is 5.91 Å². The molecule has 2 aromatic heterocycles. The molecule has 0 saturated heterocycles. The monoisotopic (exact) mass is 316 g/mol. The molecule has 0 aliphatic carbocycles. The van der Waals surface area contributed by atoms with Gasteiger partial charge in [0, 0.05) is 4.88 Å². The third-order valence-electron chi connectivity index (χ3n) is 2.63. The number of imidazole rings is 1. The average molecular weight is 316 g/mol. The van der Waals surface area contributed by atoms with E-state index in [9.17, 15) is 4.79 Å². The molecular formula is C14H12N4OS2. The SMILES string of the molecule is O=C(CSc1nc2ccccc2[nH]1)N/N=C\c1cccs1. The van der Waals surface area contributed by atoms with E-state index in [4.69, 9.17) is 0 Å². The Hall–Kier alpha value is -2.12. The Morgan fingerprint density at radius 3 is 3.10 bits per heavy atom. The summed E-state index contributed by atoms with van der Waals surface area (Å²) in [6.07, 6.45) is 1.63. The molecule has 1 aromatic carbocycles. The molecule has 21 heavy (non-hydrogen) atoms. The molecule has 7 heteroatoms. The van der Waals surface area contributed by atoms with Crippen LogP contribution in [-0.2, 0) is 4.79 Å². The fourth-order valence-electron chi connectivity index (χ4n) is 1.70. The Morgan fingerprint density at radius 1 is 1.38 bits per heavy atom. The topological polar surface area (TPSA) is 70.1 Å². The Labute approximate surface area is 129 Å². The Bertz CT molecular complexity index is 731. The van der Waals surface area contributed by atoms with Gasteiger partial charge in [-0.25, -0.2) is 10.4 Å². The van der Waals surface area contributed by atoms with Crippen LogP contribution in [0.4, 0.5) is 0 Å². The van der Waals surface area contributed by atoms with Crippen LogP contribution in [0.15, 0.2) is 52.0 Å². The zero-order chi connectivity index (χ0) is 14.5. The molecule has 106 valence electrons. The van der Waals surface area contributed by atoms with Gasteiger partial charge in [0.05, 0.1) is 23.0 Å². The first-order chi connectivity index (χ1) is 10.3. The van der Waals surface area contributed by atoms with E-state index in [2.05, 4.69) is 20.5 Å². The molecule has 0 unspecified atom stereocenters. The number of thioether (sulfide) groups is 1. The molecule has 0 aliphatic heterocycles. The summed E-state index contributed by atoms with van der Waals surface area (Å²) in [4.78, 5) is 20.2. The summed E-state index contributed by atoms with van der Waals surface area (Å²) in [5.74, 6) is 0.106. The molecule has 0 spiro atoms. The number of carbonyl (C=O) groups excluding carboxylic acids is 1. The number of fused-ring (bicyclic) bond motifs is 1. The summed E-state index contributed by atoms with van der Waals surface area (Å²) in [6.45, 7) is 0. The molecule has 0 saturated carbocycles. The van der Waals surface area contributed by atoms with Crippen molar-refractivity contribution in [2.75, 3.05) is 5.75 Å². The minimum atomic E-state index is -0.159. The second-order valence-corrected chi connectivity index (χ2v) is 6.10. The number of rotatable bonds is 5. The van der Waals surface area contributed by atoms with Crippen molar-refractivity contribution >= 4 is 46.3 Å². The van der Waals surface area contributed by atoms with Crippen molar-refractivity contribution < 1.29 is 4.79 Å². The lowest BCUT2D eigenvalue weighted by Gasteiger charge is -1.97. The van der Waals surface area contributed by atoms with E-state index < -0.39 is 0 Å². The van der Waals surface area contributed by atoms with Crippen molar-refractivity contribution in [1.82, 2.24) is 15.4 Å². The number of hydrazone groups is 1. The fourth-order valence-corrected chi connectivity index (χ4v) is 2.96. The molecule has 2 N–H and O–H groups in total. The molecule has 5 nitrogen and oxygen atoms in total. The van der Waals surface area contributed by atoms with Crippen LogP contribution in [0.25, 0.3) is 11.0 Å². The van der Waals surface area contributed by atoms with Crippen molar-refractivity contribution in [3.05, 3.63) is 46.7 Å².